The average Bonchev–Trinajstić information content (AvgIpc) is 3.29. The Labute approximate surface area is 209 Å². The summed E-state index contributed by atoms with van der Waals surface area (Å²) in [6.45, 7) is 0.464. The number of fused-ring (bicyclic) bond motifs is 1. The van der Waals surface area contributed by atoms with E-state index in [-0.39, 0.29) is 46.7 Å². The molecule has 0 spiro atoms. The fraction of sp³-hybridized carbons (Fsp3) is 0.208. The Morgan fingerprint density at radius 1 is 1.05 bits per heavy atom. The molecular weight excluding hydrogens is 516 g/mol. The average molecular weight is 539 g/mol. The van der Waals surface area contributed by atoms with Gasteiger partial charge in [-0.05, 0) is 42.0 Å². The zero-order valence-corrected chi connectivity index (χ0v) is 19.9. The Morgan fingerprint density at radius 2 is 1.81 bits per heavy atom. The molecule has 1 aromatic heterocycles. The van der Waals surface area contributed by atoms with Crippen LogP contribution in [0.15, 0.2) is 71.6 Å². The Balaban J connectivity index is 1.29. The van der Waals surface area contributed by atoms with Gasteiger partial charge in [-0.15, -0.1) is 0 Å². The fourth-order valence-corrected chi connectivity index (χ4v) is 4.61. The number of nitrogens with one attached hydrogen (secondary N) is 3. The lowest BCUT2D eigenvalue weighted by Gasteiger charge is -2.15. The van der Waals surface area contributed by atoms with Crippen molar-refractivity contribution >= 4 is 26.6 Å². The third-order valence-electron chi connectivity index (χ3n) is 5.37. The van der Waals surface area contributed by atoms with Gasteiger partial charge >= 0.3 is 6.18 Å². The highest BCUT2D eigenvalue weighted by Gasteiger charge is 2.35. The van der Waals surface area contributed by atoms with Gasteiger partial charge < -0.3 is 15.2 Å². The summed E-state index contributed by atoms with van der Waals surface area (Å²) in [4.78, 5) is -0.0331. The van der Waals surface area contributed by atoms with Crippen LogP contribution in [0.2, 0.25) is 0 Å². The predicted octanol–water partition coefficient (Wildman–Crippen LogP) is 4.22. The molecule has 37 heavy (non-hydrogen) atoms. The summed E-state index contributed by atoms with van der Waals surface area (Å²) >= 11 is 0. The number of nitrogens with zero attached hydrogens (tertiary/aromatic N) is 1. The number of aliphatic hydroxyl groups excluding tert-OH is 1. The minimum Gasteiger partial charge on any atom is -0.492 e. The number of hydrogen-bond donors (Lipinski definition) is 4. The van der Waals surface area contributed by atoms with Crippen molar-refractivity contribution in [2.75, 3.05) is 24.4 Å². The van der Waals surface area contributed by atoms with Crippen LogP contribution in [0.1, 0.15) is 17.4 Å². The molecule has 0 saturated carbocycles. The van der Waals surface area contributed by atoms with E-state index in [9.17, 15) is 31.1 Å². The van der Waals surface area contributed by atoms with Crippen LogP contribution in [0, 0.1) is 5.82 Å². The minimum absolute atomic E-state index is 0.0331. The molecule has 196 valence electrons. The molecule has 0 saturated heterocycles. The summed E-state index contributed by atoms with van der Waals surface area (Å²) in [5.74, 6) is -0.475. The number of anilines is 1. The number of aromatic nitrogens is 2. The van der Waals surface area contributed by atoms with E-state index >= 15 is 0 Å². The van der Waals surface area contributed by atoms with Gasteiger partial charge in [0, 0.05) is 24.5 Å². The Kier molecular flexibility index (Phi) is 7.66. The van der Waals surface area contributed by atoms with Gasteiger partial charge in [-0.3, -0.25) is 9.82 Å². The molecular formula is C24H22F4N4O4S. The van der Waals surface area contributed by atoms with Crippen LogP contribution in [-0.4, -0.2) is 43.4 Å². The van der Waals surface area contributed by atoms with Crippen molar-refractivity contribution in [1.82, 2.24) is 15.5 Å². The molecule has 0 fully saturated rings. The molecule has 0 aliphatic carbocycles. The molecule has 8 nitrogen and oxygen atoms in total. The highest BCUT2D eigenvalue weighted by atomic mass is 32.2. The summed E-state index contributed by atoms with van der Waals surface area (Å²) in [5, 5.41) is 19.0. The fourth-order valence-electron chi connectivity index (χ4n) is 3.53. The zero-order valence-electron chi connectivity index (χ0n) is 19.1. The number of aliphatic hydroxyl groups is 1. The van der Waals surface area contributed by atoms with Gasteiger partial charge in [-0.25, -0.2) is 12.8 Å². The van der Waals surface area contributed by atoms with E-state index in [1.54, 1.807) is 18.2 Å². The van der Waals surface area contributed by atoms with Crippen LogP contribution >= 0.6 is 0 Å². The van der Waals surface area contributed by atoms with Gasteiger partial charge in [0.1, 0.15) is 23.9 Å². The molecule has 0 radical (unpaired) electrons. The van der Waals surface area contributed by atoms with Crippen LogP contribution in [0.4, 0.5) is 23.2 Å². The number of H-pyrrole nitrogens is 1. The van der Waals surface area contributed by atoms with E-state index in [0.717, 1.165) is 6.07 Å². The van der Waals surface area contributed by atoms with Crippen LogP contribution in [0.25, 0.3) is 10.9 Å². The van der Waals surface area contributed by atoms with Crippen molar-refractivity contribution in [3.8, 4) is 5.75 Å². The summed E-state index contributed by atoms with van der Waals surface area (Å²) < 4.78 is 85.7. The molecule has 0 aliphatic heterocycles. The first-order chi connectivity index (χ1) is 17.5. The summed E-state index contributed by atoms with van der Waals surface area (Å²) in [7, 11) is -4.01. The zero-order chi connectivity index (χ0) is 26.6. The van der Waals surface area contributed by atoms with Gasteiger partial charge in [-0.2, -0.15) is 18.3 Å². The van der Waals surface area contributed by atoms with Crippen LogP contribution in [-0.2, 0) is 16.2 Å². The summed E-state index contributed by atoms with van der Waals surface area (Å²) in [6, 6.07) is 15.1. The number of alkyl halides is 3. The number of halogens is 4. The van der Waals surface area contributed by atoms with E-state index in [1.165, 1.54) is 42.5 Å². The predicted molar refractivity (Wildman–Crippen MR) is 128 cm³/mol. The topological polar surface area (TPSA) is 116 Å². The standard InChI is InChI=1S/C24H22F4N4O4S/c25-19-9-6-15(12-21(19)32-37(34,35)17-4-2-1-3-5-17)22(33)14-29-10-11-36-16-7-8-18-20(13-16)30-31-23(18)24(26,27)28/h1-9,12-13,22,29,32-33H,10-11,14H2,(H,30,31). The van der Waals surface area contributed by atoms with Crippen molar-refractivity contribution in [2.45, 2.75) is 17.2 Å². The maximum atomic E-state index is 14.2. The molecule has 1 unspecified atom stereocenters. The number of rotatable bonds is 10. The van der Waals surface area contributed by atoms with Gasteiger partial charge in [0.15, 0.2) is 0 Å². The monoisotopic (exact) mass is 538 g/mol. The normalized spacial score (nSPS) is 13.0. The lowest BCUT2D eigenvalue weighted by molar-refractivity contribution is -0.139. The third-order valence-corrected chi connectivity index (χ3v) is 6.75. The quantitative estimate of drug-likeness (QED) is 0.178. The molecule has 4 N–H and O–H groups in total. The number of benzene rings is 3. The lowest BCUT2D eigenvalue weighted by atomic mass is 10.1. The number of aromatic amines is 1. The summed E-state index contributed by atoms with van der Waals surface area (Å²) in [5.41, 5.74) is -0.832. The smallest absolute Gasteiger partial charge is 0.433 e. The van der Waals surface area contributed by atoms with E-state index in [0.29, 0.717) is 5.75 Å². The molecule has 1 heterocycles. The van der Waals surface area contributed by atoms with Crippen molar-refractivity contribution < 1.29 is 35.8 Å². The first-order valence-corrected chi connectivity index (χ1v) is 12.5. The first-order valence-electron chi connectivity index (χ1n) is 11.0. The second-order valence-corrected chi connectivity index (χ2v) is 9.68. The molecule has 0 amide bonds. The van der Waals surface area contributed by atoms with Crippen LogP contribution in [0.3, 0.4) is 0 Å². The van der Waals surface area contributed by atoms with Crippen LogP contribution < -0.4 is 14.8 Å². The first kappa shape index (κ1) is 26.4. The number of hydrogen-bond acceptors (Lipinski definition) is 6. The Morgan fingerprint density at radius 3 is 2.54 bits per heavy atom. The highest BCUT2D eigenvalue weighted by molar-refractivity contribution is 7.92. The van der Waals surface area contributed by atoms with Crippen molar-refractivity contribution in [1.29, 1.82) is 0 Å². The highest BCUT2D eigenvalue weighted by Crippen LogP contribution is 2.34. The molecule has 0 bridgehead atoms. The Bertz CT molecular complexity index is 1480. The van der Waals surface area contributed by atoms with Crippen LogP contribution in [0.5, 0.6) is 5.75 Å². The van der Waals surface area contributed by atoms with Gasteiger partial charge in [-0.1, -0.05) is 24.3 Å². The van der Waals surface area contributed by atoms with Crippen molar-refractivity contribution in [3.05, 3.63) is 83.8 Å². The van der Waals surface area contributed by atoms with E-state index in [1.807, 2.05) is 5.10 Å². The maximum absolute atomic E-state index is 14.2. The molecule has 1 atom stereocenters. The summed E-state index contributed by atoms with van der Waals surface area (Å²) in [6.07, 6.45) is -5.62. The number of ether oxygens (including phenoxy) is 1. The lowest BCUT2D eigenvalue weighted by Crippen LogP contribution is -2.26. The Hall–Kier alpha value is -3.68. The largest absolute Gasteiger partial charge is 0.492 e. The molecule has 0 aliphatic rings. The minimum atomic E-state index is -4.54. The van der Waals surface area contributed by atoms with Crippen molar-refractivity contribution in [2.24, 2.45) is 0 Å². The SMILES string of the molecule is O=S(=O)(Nc1cc(C(O)CNCCOc2ccc3c(C(F)(F)F)[nH]nc3c2)ccc1F)c1ccccc1. The third kappa shape index (κ3) is 6.37. The van der Waals surface area contributed by atoms with E-state index < -0.39 is 33.8 Å². The number of sulfonamides is 1. The van der Waals surface area contributed by atoms with E-state index in [2.05, 4.69) is 15.1 Å². The van der Waals surface area contributed by atoms with Crippen molar-refractivity contribution in [3.63, 3.8) is 0 Å². The van der Waals surface area contributed by atoms with Gasteiger partial charge in [0.2, 0.25) is 0 Å². The van der Waals surface area contributed by atoms with E-state index in [4.69, 9.17) is 4.74 Å². The molecule has 3 aromatic carbocycles. The van der Waals surface area contributed by atoms with Gasteiger partial charge in [0.05, 0.1) is 22.2 Å². The second kappa shape index (κ2) is 10.7. The molecule has 13 heteroatoms. The second-order valence-electron chi connectivity index (χ2n) is 8.00. The molecule has 4 rings (SSSR count). The molecule has 4 aromatic rings. The maximum Gasteiger partial charge on any atom is 0.433 e. The van der Waals surface area contributed by atoms with Gasteiger partial charge in [0.25, 0.3) is 10.0 Å².